The number of hydrogen-bond donors (Lipinski definition) is 2. The predicted octanol–water partition coefficient (Wildman–Crippen LogP) is 2.10. The average Bonchev–Trinajstić information content (AvgIpc) is 2.95. The fourth-order valence-electron chi connectivity index (χ4n) is 3.11. The first-order chi connectivity index (χ1) is 13.9. The lowest BCUT2D eigenvalue weighted by molar-refractivity contribution is 0.0635. The largest absolute Gasteiger partial charge is 0.350 e. The van der Waals surface area contributed by atoms with Crippen LogP contribution in [0.5, 0.6) is 0 Å². The topological polar surface area (TPSA) is 95.6 Å². The summed E-state index contributed by atoms with van der Waals surface area (Å²) in [6.45, 7) is 4.71. The summed E-state index contributed by atoms with van der Waals surface area (Å²) in [6.07, 6.45) is 0. The van der Waals surface area contributed by atoms with E-state index in [0.717, 1.165) is 0 Å². The van der Waals surface area contributed by atoms with Crippen LogP contribution in [0.15, 0.2) is 48.5 Å². The van der Waals surface area contributed by atoms with Crippen LogP contribution in [-0.4, -0.2) is 48.2 Å². The van der Waals surface area contributed by atoms with Gasteiger partial charge in [0.1, 0.15) is 0 Å². The summed E-state index contributed by atoms with van der Waals surface area (Å²) in [5, 5.41) is 5.43. The number of fused-ring (bicyclic) bond motifs is 1. The molecule has 1 aliphatic rings. The number of benzene rings is 2. The van der Waals surface area contributed by atoms with Crippen molar-refractivity contribution in [1.82, 2.24) is 15.5 Å². The number of nitrogens with zero attached hydrogens (tertiary/aromatic N) is 1. The van der Waals surface area contributed by atoms with Crippen LogP contribution in [0.3, 0.4) is 0 Å². The molecule has 0 aliphatic carbocycles. The van der Waals surface area contributed by atoms with Crippen molar-refractivity contribution >= 4 is 23.6 Å². The number of nitrogens with one attached hydrogen (secondary N) is 2. The van der Waals surface area contributed by atoms with E-state index in [1.165, 1.54) is 23.1 Å². The van der Waals surface area contributed by atoms with Crippen molar-refractivity contribution in [3.63, 3.8) is 0 Å². The second-order valence-corrected chi connectivity index (χ2v) is 7.25. The van der Waals surface area contributed by atoms with E-state index in [1.54, 1.807) is 24.3 Å². The Morgan fingerprint density at radius 1 is 0.828 bits per heavy atom. The Hall–Kier alpha value is -3.48. The molecule has 0 bridgehead atoms. The molecule has 0 unspecified atom stereocenters. The Labute approximate surface area is 169 Å². The van der Waals surface area contributed by atoms with Gasteiger partial charge < -0.3 is 10.6 Å². The van der Waals surface area contributed by atoms with Crippen molar-refractivity contribution in [1.29, 1.82) is 0 Å². The zero-order valence-corrected chi connectivity index (χ0v) is 16.4. The van der Waals surface area contributed by atoms with Gasteiger partial charge in [-0.05, 0) is 36.2 Å². The van der Waals surface area contributed by atoms with Gasteiger partial charge in [-0.1, -0.05) is 32.0 Å². The maximum absolute atomic E-state index is 12.5. The zero-order valence-electron chi connectivity index (χ0n) is 16.4. The number of rotatable bonds is 7. The molecule has 0 aromatic heterocycles. The summed E-state index contributed by atoms with van der Waals surface area (Å²) in [4.78, 5) is 50.4. The van der Waals surface area contributed by atoms with E-state index in [0.29, 0.717) is 23.2 Å². The molecule has 29 heavy (non-hydrogen) atoms. The first-order valence-electron chi connectivity index (χ1n) is 9.50. The van der Waals surface area contributed by atoms with Gasteiger partial charge in [-0.2, -0.15) is 0 Å². The second-order valence-electron chi connectivity index (χ2n) is 7.25. The fraction of sp³-hybridized carbons (Fsp3) is 0.273. The van der Waals surface area contributed by atoms with Gasteiger partial charge >= 0.3 is 0 Å². The summed E-state index contributed by atoms with van der Waals surface area (Å²) in [5.74, 6) is -1.13. The molecule has 7 heteroatoms. The van der Waals surface area contributed by atoms with E-state index in [-0.39, 0.29) is 48.2 Å². The van der Waals surface area contributed by atoms with E-state index in [2.05, 4.69) is 10.6 Å². The van der Waals surface area contributed by atoms with Gasteiger partial charge in [-0.25, -0.2) is 0 Å². The Balaban J connectivity index is 1.56. The molecule has 0 saturated carbocycles. The van der Waals surface area contributed by atoms with Gasteiger partial charge in [0.15, 0.2) is 0 Å². The van der Waals surface area contributed by atoms with Gasteiger partial charge in [-0.15, -0.1) is 0 Å². The molecule has 150 valence electrons. The molecule has 0 spiro atoms. The van der Waals surface area contributed by atoms with E-state index in [9.17, 15) is 19.2 Å². The highest BCUT2D eigenvalue weighted by Crippen LogP contribution is 2.24. The van der Waals surface area contributed by atoms with Gasteiger partial charge in [-0.3, -0.25) is 24.1 Å². The molecular weight excluding hydrogens is 370 g/mol. The molecule has 4 amide bonds. The maximum atomic E-state index is 12.5. The quantitative estimate of drug-likeness (QED) is 0.556. The first-order valence-corrected chi connectivity index (χ1v) is 9.50. The minimum absolute atomic E-state index is 0.158. The lowest BCUT2D eigenvalue weighted by Crippen LogP contribution is -2.34. The highest BCUT2D eigenvalue weighted by atomic mass is 16.2. The van der Waals surface area contributed by atoms with Gasteiger partial charge in [0.25, 0.3) is 23.6 Å². The molecule has 2 N–H and O–H groups in total. The predicted molar refractivity (Wildman–Crippen MR) is 108 cm³/mol. The summed E-state index contributed by atoms with van der Waals surface area (Å²) >= 11 is 0. The SMILES string of the molecule is CC(C)CN1C(=O)c2ccc(C(=O)NCCNC(=O)c3ccccc3)cc2C1=O. The molecule has 2 aromatic rings. The molecule has 7 nitrogen and oxygen atoms in total. The zero-order chi connectivity index (χ0) is 21.0. The second kappa shape index (κ2) is 8.68. The van der Waals surface area contributed by atoms with Crippen molar-refractivity contribution in [2.75, 3.05) is 19.6 Å². The third-order valence-electron chi connectivity index (χ3n) is 4.51. The third kappa shape index (κ3) is 4.51. The normalized spacial score (nSPS) is 12.9. The first kappa shape index (κ1) is 20.3. The number of carbonyl (C=O) groups excluding carboxylic acids is 4. The third-order valence-corrected chi connectivity index (χ3v) is 4.51. The number of amides is 4. The van der Waals surface area contributed by atoms with Crippen LogP contribution < -0.4 is 10.6 Å². The highest BCUT2D eigenvalue weighted by Gasteiger charge is 2.36. The Morgan fingerprint density at radius 2 is 1.41 bits per heavy atom. The van der Waals surface area contributed by atoms with E-state index >= 15 is 0 Å². The highest BCUT2D eigenvalue weighted by molar-refractivity contribution is 6.22. The van der Waals surface area contributed by atoms with Crippen LogP contribution in [0, 0.1) is 5.92 Å². The summed E-state index contributed by atoms with van der Waals surface area (Å²) < 4.78 is 0. The Kier molecular flexibility index (Phi) is 6.07. The average molecular weight is 393 g/mol. The molecule has 3 rings (SSSR count). The lowest BCUT2D eigenvalue weighted by Gasteiger charge is -2.15. The van der Waals surface area contributed by atoms with Crippen molar-refractivity contribution < 1.29 is 19.2 Å². The minimum atomic E-state index is -0.372. The van der Waals surface area contributed by atoms with Crippen molar-refractivity contribution in [2.45, 2.75) is 13.8 Å². The Bertz CT molecular complexity index is 954. The molecule has 0 fully saturated rings. The van der Waals surface area contributed by atoms with Crippen LogP contribution in [0.25, 0.3) is 0 Å². The lowest BCUT2D eigenvalue weighted by atomic mass is 10.1. The molecular formula is C22H23N3O4. The van der Waals surface area contributed by atoms with E-state index in [4.69, 9.17) is 0 Å². The van der Waals surface area contributed by atoms with Crippen molar-refractivity contribution in [3.05, 3.63) is 70.8 Å². The van der Waals surface area contributed by atoms with Crippen LogP contribution in [0.1, 0.15) is 55.3 Å². The molecule has 0 atom stereocenters. The fourth-order valence-corrected chi connectivity index (χ4v) is 3.11. The number of imide groups is 1. The van der Waals surface area contributed by atoms with Crippen molar-refractivity contribution in [3.8, 4) is 0 Å². The van der Waals surface area contributed by atoms with Crippen LogP contribution in [-0.2, 0) is 0 Å². The van der Waals surface area contributed by atoms with Crippen LogP contribution in [0.2, 0.25) is 0 Å². The summed E-state index contributed by atoms with van der Waals surface area (Å²) in [7, 11) is 0. The monoisotopic (exact) mass is 393 g/mol. The summed E-state index contributed by atoms with van der Waals surface area (Å²) in [6, 6.07) is 13.3. The number of hydrogen-bond acceptors (Lipinski definition) is 4. The minimum Gasteiger partial charge on any atom is -0.350 e. The van der Waals surface area contributed by atoms with Gasteiger partial charge in [0, 0.05) is 30.8 Å². The number of carbonyl (C=O) groups is 4. The molecule has 0 radical (unpaired) electrons. The van der Waals surface area contributed by atoms with Gasteiger partial charge in [0.05, 0.1) is 11.1 Å². The molecule has 0 saturated heterocycles. The van der Waals surface area contributed by atoms with Crippen molar-refractivity contribution in [2.24, 2.45) is 5.92 Å². The smallest absolute Gasteiger partial charge is 0.261 e. The van der Waals surface area contributed by atoms with Crippen LogP contribution in [0.4, 0.5) is 0 Å². The molecule has 1 aliphatic heterocycles. The standard InChI is InChI=1S/C22H23N3O4/c1-14(2)13-25-21(28)17-9-8-16(12-18(17)22(25)29)20(27)24-11-10-23-19(26)15-6-4-3-5-7-15/h3-9,12,14H,10-11,13H2,1-2H3,(H,23,26)(H,24,27). The van der Waals surface area contributed by atoms with E-state index < -0.39 is 0 Å². The van der Waals surface area contributed by atoms with Gasteiger partial charge in [0.2, 0.25) is 0 Å². The maximum Gasteiger partial charge on any atom is 0.261 e. The van der Waals surface area contributed by atoms with Crippen LogP contribution >= 0.6 is 0 Å². The Morgan fingerprint density at radius 3 is 2.03 bits per heavy atom. The molecule has 1 heterocycles. The van der Waals surface area contributed by atoms with E-state index in [1.807, 2.05) is 19.9 Å². The summed E-state index contributed by atoms with van der Waals surface area (Å²) in [5.41, 5.74) is 1.42. The molecule has 2 aromatic carbocycles.